The van der Waals surface area contributed by atoms with Gasteiger partial charge in [0.05, 0.1) is 0 Å². The zero-order chi connectivity index (χ0) is 17.0. The number of benzene rings is 1. The Hall–Kier alpha value is 0.602. The number of halogens is 1. The van der Waals surface area contributed by atoms with Gasteiger partial charge in [-0.2, -0.15) is 0 Å². The first kappa shape index (κ1) is 19.4. The molecule has 24 heavy (non-hydrogen) atoms. The second kappa shape index (κ2) is 9.00. The Labute approximate surface area is 165 Å². The fraction of sp³-hybridized carbons (Fsp3) is 0.714. The summed E-state index contributed by atoms with van der Waals surface area (Å²) in [6.07, 6.45) is 15.3. The molecule has 3 heteroatoms. The van der Waals surface area contributed by atoms with Crippen molar-refractivity contribution in [3.05, 3.63) is 29.8 Å². The fourth-order valence-electron chi connectivity index (χ4n) is 5.44. The maximum absolute atomic E-state index is 7.07. The Morgan fingerprint density at radius 3 is 1.75 bits per heavy atom. The van der Waals surface area contributed by atoms with Gasteiger partial charge < -0.3 is 0 Å². The van der Waals surface area contributed by atoms with Gasteiger partial charge in [0.15, 0.2) is 0 Å². The maximum atomic E-state index is 7.07. The molecule has 2 saturated carbocycles. The van der Waals surface area contributed by atoms with Gasteiger partial charge in [0.1, 0.15) is 0 Å². The van der Waals surface area contributed by atoms with Crippen LogP contribution < -0.4 is 5.30 Å². The molecule has 0 bridgehead atoms. The number of alkyl halides is 1. The molecule has 0 saturated heterocycles. The summed E-state index contributed by atoms with van der Waals surface area (Å²) in [5.74, 6) is 0. The SMILES string of the molecule is CCc1ccc([PH]([CH](Cl)[Pd])(C2CCCCC2)C2CCCCC2)cc1. The van der Waals surface area contributed by atoms with Crippen molar-refractivity contribution >= 4 is 24.2 Å². The molecule has 1 aromatic rings. The number of hydrogen-bond donors (Lipinski definition) is 0. The van der Waals surface area contributed by atoms with E-state index in [-0.39, 0.29) is 3.59 Å². The molecule has 0 nitrogen and oxygen atoms in total. The monoisotopic (exact) mass is 457 g/mol. The van der Waals surface area contributed by atoms with E-state index in [2.05, 4.69) is 50.4 Å². The van der Waals surface area contributed by atoms with Crippen molar-refractivity contribution < 1.29 is 19.2 Å². The number of hydrogen-bond acceptors (Lipinski definition) is 0. The Kier molecular flexibility index (Phi) is 7.26. The van der Waals surface area contributed by atoms with Gasteiger partial charge in [0, 0.05) is 0 Å². The zero-order valence-electron chi connectivity index (χ0n) is 15.0. The van der Waals surface area contributed by atoms with Gasteiger partial charge in [-0.05, 0) is 0 Å². The summed E-state index contributed by atoms with van der Waals surface area (Å²) >= 11 is 10.7. The van der Waals surface area contributed by atoms with Gasteiger partial charge in [-0.3, -0.25) is 0 Å². The van der Waals surface area contributed by atoms with Gasteiger partial charge >= 0.3 is 166 Å². The van der Waals surface area contributed by atoms with Crippen LogP contribution in [0.3, 0.4) is 0 Å². The Bertz CT molecular complexity index is 483. The third-order valence-corrected chi connectivity index (χ3v) is 15.9. The van der Waals surface area contributed by atoms with Crippen LogP contribution in [-0.4, -0.2) is 14.9 Å². The summed E-state index contributed by atoms with van der Waals surface area (Å²) in [6, 6.07) is 9.69. The molecule has 139 valence electrons. The van der Waals surface area contributed by atoms with Crippen molar-refractivity contribution in [2.45, 2.75) is 92.5 Å². The van der Waals surface area contributed by atoms with E-state index in [1.165, 1.54) is 69.8 Å². The van der Waals surface area contributed by atoms with Gasteiger partial charge in [-0.1, -0.05) is 0 Å². The van der Waals surface area contributed by atoms with Crippen molar-refractivity contribution in [2.75, 3.05) is 0 Å². The Morgan fingerprint density at radius 2 is 1.38 bits per heavy atom. The average Bonchev–Trinajstić information content (AvgIpc) is 2.64. The molecule has 2 aliphatic rings. The van der Waals surface area contributed by atoms with Crippen LogP contribution in [0, 0.1) is 0 Å². The van der Waals surface area contributed by atoms with Crippen molar-refractivity contribution in [3.8, 4) is 0 Å². The molecule has 0 radical (unpaired) electrons. The first-order chi connectivity index (χ1) is 11.7. The molecule has 0 aromatic heterocycles. The standard InChI is InChI=1S/C21H33ClP.Pd/c1-2-18-13-15-21(16-14-18)23(17-22,19-9-5-3-6-10-19)20-11-7-4-8-12-20;/h13-17,19-20,23H,2-12H2,1H3;. The van der Waals surface area contributed by atoms with Crippen molar-refractivity contribution in [2.24, 2.45) is 0 Å². The molecule has 0 aliphatic heterocycles. The van der Waals surface area contributed by atoms with Crippen LogP contribution in [0.15, 0.2) is 24.3 Å². The average molecular weight is 458 g/mol. The molecule has 2 fully saturated rings. The summed E-state index contributed by atoms with van der Waals surface area (Å²) in [6.45, 7) is 2.25. The summed E-state index contributed by atoms with van der Waals surface area (Å²) in [7, 11) is -1.78. The van der Waals surface area contributed by atoms with E-state index >= 15 is 0 Å². The van der Waals surface area contributed by atoms with Crippen LogP contribution in [0.5, 0.6) is 0 Å². The molecule has 0 heterocycles. The van der Waals surface area contributed by atoms with Gasteiger partial charge in [-0.15, -0.1) is 0 Å². The summed E-state index contributed by atoms with van der Waals surface area (Å²) in [5.41, 5.74) is 3.20. The predicted molar refractivity (Wildman–Crippen MR) is 107 cm³/mol. The van der Waals surface area contributed by atoms with E-state index in [9.17, 15) is 0 Å². The minimum absolute atomic E-state index is 0.208. The van der Waals surface area contributed by atoms with Gasteiger partial charge in [0.2, 0.25) is 0 Å². The molecule has 2 aliphatic carbocycles. The molecule has 0 N–H and O–H groups in total. The summed E-state index contributed by atoms with van der Waals surface area (Å²) in [5, 5.41) is 1.64. The van der Waals surface area contributed by atoms with Crippen molar-refractivity contribution in [1.29, 1.82) is 0 Å². The molecular formula is C21H33ClPPd. The van der Waals surface area contributed by atoms with E-state index in [1.54, 1.807) is 5.30 Å². The first-order valence-corrected chi connectivity index (χ1v) is 13.6. The molecule has 0 amide bonds. The van der Waals surface area contributed by atoms with E-state index in [4.69, 9.17) is 11.6 Å². The topological polar surface area (TPSA) is 0 Å². The molecule has 3 rings (SSSR count). The van der Waals surface area contributed by atoms with Crippen LogP contribution >= 0.6 is 18.9 Å². The zero-order valence-corrected chi connectivity index (χ0v) is 18.3. The quantitative estimate of drug-likeness (QED) is 0.274. The van der Waals surface area contributed by atoms with Gasteiger partial charge in [0.25, 0.3) is 0 Å². The van der Waals surface area contributed by atoms with E-state index in [0.29, 0.717) is 0 Å². The summed E-state index contributed by atoms with van der Waals surface area (Å²) in [4.78, 5) is 0. The van der Waals surface area contributed by atoms with Gasteiger partial charge in [-0.25, -0.2) is 0 Å². The van der Waals surface area contributed by atoms with E-state index < -0.39 is 7.26 Å². The van der Waals surface area contributed by atoms with E-state index in [1.807, 2.05) is 0 Å². The molecule has 0 spiro atoms. The third kappa shape index (κ3) is 3.81. The Balaban J connectivity index is 2.04. The van der Waals surface area contributed by atoms with Crippen LogP contribution in [0.1, 0.15) is 76.7 Å². The molecular weight excluding hydrogens is 425 g/mol. The third-order valence-electron chi connectivity index (χ3n) is 6.76. The normalized spacial score (nSPS) is 23.2. The number of aryl methyl sites for hydroxylation is 1. The second-order valence-electron chi connectivity index (χ2n) is 7.92. The molecule has 1 unspecified atom stereocenters. The Morgan fingerprint density at radius 1 is 0.917 bits per heavy atom. The molecule has 1 atom stereocenters. The van der Waals surface area contributed by atoms with Crippen molar-refractivity contribution in [3.63, 3.8) is 0 Å². The fourth-order valence-corrected chi connectivity index (χ4v) is 15.8. The van der Waals surface area contributed by atoms with Crippen LogP contribution in [0.25, 0.3) is 0 Å². The molecule has 1 aromatic carbocycles. The van der Waals surface area contributed by atoms with Crippen LogP contribution in [0.4, 0.5) is 0 Å². The van der Waals surface area contributed by atoms with Crippen LogP contribution in [-0.2, 0) is 25.6 Å². The first-order valence-electron chi connectivity index (χ1n) is 10.0. The predicted octanol–water partition coefficient (Wildman–Crippen LogP) is 6.36. The minimum atomic E-state index is -1.78. The van der Waals surface area contributed by atoms with E-state index in [0.717, 1.165) is 17.7 Å². The van der Waals surface area contributed by atoms with Crippen molar-refractivity contribution in [1.82, 2.24) is 0 Å². The number of rotatable bonds is 5. The second-order valence-corrected chi connectivity index (χ2v) is 15.6. The summed E-state index contributed by atoms with van der Waals surface area (Å²) < 4.78 is 0.208. The van der Waals surface area contributed by atoms with Crippen LogP contribution in [0.2, 0.25) is 0 Å².